The summed E-state index contributed by atoms with van der Waals surface area (Å²) in [5.74, 6) is 0.293. The summed E-state index contributed by atoms with van der Waals surface area (Å²) in [6.07, 6.45) is 1.52. The van der Waals surface area contributed by atoms with Gasteiger partial charge in [-0.15, -0.1) is 0 Å². The Balaban J connectivity index is 1.78. The van der Waals surface area contributed by atoms with Gasteiger partial charge in [-0.2, -0.15) is 4.98 Å². The van der Waals surface area contributed by atoms with E-state index in [1.165, 1.54) is 24.4 Å². The second-order valence-electron chi connectivity index (χ2n) is 5.57. The van der Waals surface area contributed by atoms with E-state index in [1.54, 1.807) is 30.3 Å². The zero-order chi connectivity index (χ0) is 18.7. The van der Waals surface area contributed by atoms with Crippen LogP contribution in [0.5, 0.6) is 0 Å². The number of halogens is 1. The second-order valence-corrected chi connectivity index (χ2v) is 7.13. The molecule has 0 spiro atoms. The number of primary sulfonamides is 1. The predicted octanol–water partition coefficient (Wildman–Crippen LogP) is 3.06. The average molecular weight is 373 g/mol. The largest absolute Gasteiger partial charge is 0.338 e. The van der Waals surface area contributed by atoms with Gasteiger partial charge in [0.05, 0.1) is 10.6 Å². The van der Waals surface area contributed by atoms with Crippen LogP contribution in [-0.2, 0) is 10.0 Å². The maximum Gasteiger partial charge on any atom is 0.238 e. The van der Waals surface area contributed by atoms with Gasteiger partial charge in [-0.1, -0.05) is 6.07 Å². The van der Waals surface area contributed by atoms with Crippen LogP contribution in [0.2, 0.25) is 0 Å². The quantitative estimate of drug-likeness (QED) is 0.634. The minimum Gasteiger partial charge on any atom is -0.338 e. The molecule has 0 radical (unpaired) electrons. The van der Waals surface area contributed by atoms with Gasteiger partial charge in [0, 0.05) is 11.9 Å². The second kappa shape index (κ2) is 7.06. The molecule has 0 unspecified atom stereocenters. The zero-order valence-electron chi connectivity index (χ0n) is 13.8. The molecule has 0 saturated carbocycles. The molecule has 7 nitrogen and oxygen atoms in total. The first-order chi connectivity index (χ1) is 12.3. The number of nitrogens with two attached hydrogens (primary N) is 1. The Labute approximate surface area is 150 Å². The fraction of sp³-hybridized carbons (Fsp3) is 0.0588. The first-order valence-corrected chi connectivity index (χ1v) is 9.12. The molecule has 9 heteroatoms. The van der Waals surface area contributed by atoms with Crippen LogP contribution in [0.15, 0.2) is 59.6 Å². The lowest BCUT2D eigenvalue weighted by molar-refractivity contribution is 0.598. The summed E-state index contributed by atoms with van der Waals surface area (Å²) >= 11 is 0. The Morgan fingerprint density at radius 3 is 2.46 bits per heavy atom. The molecule has 1 heterocycles. The molecule has 0 atom stereocenters. The van der Waals surface area contributed by atoms with Crippen molar-refractivity contribution in [1.82, 2.24) is 9.97 Å². The van der Waals surface area contributed by atoms with E-state index >= 15 is 0 Å². The highest BCUT2D eigenvalue weighted by Gasteiger charge is 2.08. The molecule has 0 bridgehead atoms. The van der Waals surface area contributed by atoms with Crippen molar-refractivity contribution in [2.75, 3.05) is 10.6 Å². The molecule has 0 aliphatic carbocycles. The maximum absolute atomic E-state index is 13.9. The summed E-state index contributed by atoms with van der Waals surface area (Å²) in [5.41, 5.74) is 1.81. The van der Waals surface area contributed by atoms with Gasteiger partial charge in [-0.25, -0.2) is 22.9 Å². The molecule has 2 aromatic carbocycles. The molecule has 1 aromatic heterocycles. The number of nitrogens with one attached hydrogen (secondary N) is 2. The molecule has 3 aromatic rings. The Bertz CT molecular complexity index is 1040. The molecule has 0 amide bonds. The maximum atomic E-state index is 13.9. The van der Waals surface area contributed by atoms with Crippen LogP contribution < -0.4 is 15.8 Å². The van der Waals surface area contributed by atoms with E-state index in [0.29, 0.717) is 17.2 Å². The van der Waals surface area contributed by atoms with Crippen LogP contribution >= 0.6 is 0 Å². The van der Waals surface area contributed by atoms with Crippen molar-refractivity contribution < 1.29 is 12.8 Å². The number of sulfonamides is 1. The van der Waals surface area contributed by atoms with E-state index in [9.17, 15) is 12.8 Å². The van der Waals surface area contributed by atoms with Gasteiger partial charge in [0.1, 0.15) is 11.6 Å². The molecule has 0 aliphatic rings. The van der Waals surface area contributed by atoms with Crippen LogP contribution in [-0.4, -0.2) is 18.4 Å². The number of hydrogen-bond acceptors (Lipinski definition) is 6. The van der Waals surface area contributed by atoms with E-state index in [1.807, 2.05) is 6.92 Å². The zero-order valence-corrected chi connectivity index (χ0v) is 14.6. The van der Waals surface area contributed by atoms with Gasteiger partial charge in [-0.05, 0) is 55.0 Å². The van der Waals surface area contributed by atoms with E-state index in [4.69, 9.17) is 5.14 Å². The average Bonchev–Trinajstić information content (AvgIpc) is 2.58. The first-order valence-electron chi connectivity index (χ1n) is 7.57. The fourth-order valence-corrected chi connectivity index (χ4v) is 2.73. The van der Waals surface area contributed by atoms with Crippen LogP contribution in [0.25, 0.3) is 0 Å². The lowest BCUT2D eigenvalue weighted by Gasteiger charge is -2.10. The summed E-state index contributed by atoms with van der Waals surface area (Å²) in [4.78, 5) is 8.36. The third-order valence-electron chi connectivity index (χ3n) is 3.48. The summed E-state index contributed by atoms with van der Waals surface area (Å²) in [6.45, 7) is 1.86. The third-order valence-corrected chi connectivity index (χ3v) is 4.41. The first kappa shape index (κ1) is 17.8. The lowest BCUT2D eigenvalue weighted by Crippen LogP contribution is -2.11. The summed E-state index contributed by atoms with van der Waals surface area (Å²) in [7, 11) is -3.75. The monoisotopic (exact) mass is 373 g/mol. The highest BCUT2D eigenvalue weighted by Crippen LogP contribution is 2.21. The van der Waals surface area contributed by atoms with Crippen molar-refractivity contribution in [1.29, 1.82) is 0 Å². The molecule has 0 fully saturated rings. The molecule has 4 N–H and O–H groups in total. The van der Waals surface area contributed by atoms with Crippen LogP contribution in [0.3, 0.4) is 0 Å². The number of hydrogen-bond donors (Lipinski definition) is 3. The van der Waals surface area contributed by atoms with E-state index in [-0.39, 0.29) is 16.7 Å². The van der Waals surface area contributed by atoms with E-state index in [0.717, 1.165) is 5.56 Å². The SMILES string of the molecule is Cc1ccc(F)c(Nc2ccnc(Nc3ccc(S(N)(=O)=O)cc3)n2)c1. The summed E-state index contributed by atoms with van der Waals surface area (Å²) < 4.78 is 36.4. The van der Waals surface area contributed by atoms with Gasteiger partial charge >= 0.3 is 0 Å². The summed E-state index contributed by atoms with van der Waals surface area (Å²) in [6, 6.07) is 12.2. The number of benzene rings is 2. The Morgan fingerprint density at radius 1 is 1.04 bits per heavy atom. The van der Waals surface area contributed by atoms with Gasteiger partial charge < -0.3 is 10.6 Å². The minimum absolute atomic E-state index is 0.00862. The van der Waals surface area contributed by atoms with Gasteiger partial charge in [0.15, 0.2) is 0 Å². The highest BCUT2D eigenvalue weighted by molar-refractivity contribution is 7.89. The highest BCUT2D eigenvalue weighted by atomic mass is 32.2. The van der Waals surface area contributed by atoms with Crippen LogP contribution in [0, 0.1) is 12.7 Å². The van der Waals surface area contributed by atoms with Crippen molar-refractivity contribution in [3.63, 3.8) is 0 Å². The van der Waals surface area contributed by atoms with Crippen molar-refractivity contribution in [3.05, 3.63) is 66.1 Å². The predicted molar refractivity (Wildman–Crippen MR) is 97.5 cm³/mol. The Hall–Kier alpha value is -3.04. The molecule has 26 heavy (non-hydrogen) atoms. The number of rotatable bonds is 5. The molecule has 0 aliphatic heterocycles. The van der Waals surface area contributed by atoms with E-state index in [2.05, 4.69) is 20.6 Å². The van der Waals surface area contributed by atoms with Crippen molar-refractivity contribution >= 4 is 33.2 Å². The minimum atomic E-state index is -3.75. The van der Waals surface area contributed by atoms with Gasteiger partial charge in [0.25, 0.3) is 0 Å². The summed E-state index contributed by atoms with van der Waals surface area (Å²) in [5, 5.41) is 10.9. The Morgan fingerprint density at radius 2 is 1.77 bits per heavy atom. The Kier molecular flexibility index (Phi) is 4.83. The number of anilines is 4. The molecule has 0 saturated heterocycles. The van der Waals surface area contributed by atoms with Crippen LogP contribution in [0.1, 0.15) is 5.56 Å². The molecule has 134 valence electrons. The number of nitrogens with zero attached hydrogens (tertiary/aromatic N) is 2. The third kappa shape index (κ3) is 4.32. The van der Waals surface area contributed by atoms with Crippen molar-refractivity contribution in [2.24, 2.45) is 5.14 Å². The van der Waals surface area contributed by atoms with Crippen LogP contribution in [0.4, 0.5) is 27.5 Å². The molecular weight excluding hydrogens is 357 g/mol. The van der Waals surface area contributed by atoms with Gasteiger partial charge in [0.2, 0.25) is 16.0 Å². The van der Waals surface area contributed by atoms with E-state index < -0.39 is 10.0 Å². The smallest absolute Gasteiger partial charge is 0.238 e. The topological polar surface area (TPSA) is 110 Å². The van der Waals surface area contributed by atoms with Crippen molar-refractivity contribution in [2.45, 2.75) is 11.8 Å². The van der Waals surface area contributed by atoms with Gasteiger partial charge in [-0.3, -0.25) is 0 Å². The van der Waals surface area contributed by atoms with Crippen molar-refractivity contribution in [3.8, 4) is 0 Å². The lowest BCUT2D eigenvalue weighted by atomic mass is 10.2. The fourth-order valence-electron chi connectivity index (χ4n) is 2.22. The standard InChI is InChI=1S/C17H16FN5O2S/c1-11-2-7-14(18)15(10-11)22-16-8-9-20-17(23-16)21-12-3-5-13(6-4-12)26(19,24)25/h2-10H,1H3,(H2,19,24,25)(H2,20,21,22,23). The molecular formula is C17H16FN5O2S. The normalized spacial score (nSPS) is 11.2. The number of aromatic nitrogens is 2. The number of aryl methyl sites for hydroxylation is 1. The molecule has 3 rings (SSSR count).